The molecule has 1 amide bonds. The second-order valence-electron chi connectivity index (χ2n) is 6.81. The Balaban J connectivity index is 1.57. The van der Waals surface area contributed by atoms with Crippen LogP contribution in [0.2, 0.25) is 0 Å². The molecule has 3 aromatic heterocycles. The molecule has 0 spiro atoms. The lowest BCUT2D eigenvalue weighted by Gasteiger charge is -2.08. The summed E-state index contributed by atoms with van der Waals surface area (Å²) in [5.41, 5.74) is 4.53. The van der Waals surface area contributed by atoms with Crippen LogP contribution in [0.15, 0.2) is 48.7 Å². The van der Waals surface area contributed by atoms with Crippen molar-refractivity contribution in [3.8, 4) is 10.7 Å². The molecule has 0 saturated carbocycles. The minimum absolute atomic E-state index is 0.155. The Labute approximate surface area is 173 Å². The maximum atomic E-state index is 12.8. The molecule has 7 heteroatoms. The number of thiazole rings is 1. The smallest absolute Gasteiger partial charge is 0.267 e. The highest BCUT2D eigenvalue weighted by atomic mass is 32.1. The van der Waals surface area contributed by atoms with Crippen LogP contribution in [0.4, 0.5) is 5.69 Å². The van der Waals surface area contributed by atoms with E-state index in [1.807, 2.05) is 43.3 Å². The molecule has 6 nitrogen and oxygen atoms in total. The number of carbonyl (C=O) groups is 1. The number of rotatable bonds is 6. The molecule has 0 radical (unpaired) electrons. The molecule has 29 heavy (non-hydrogen) atoms. The maximum Gasteiger partial charge on any atom is 0.267 e. The highest BCUT2D eigenvalue weighted by molar-refractivity contribution is 7.17. The van der Waals surface area contributed by atoms with Gasteiger partial charge in [0, 0.05) is 42.1 Å². The number of nitrogens with one attached hydrogen (secondary N) is 1. The number of fused-ring (bicyclic) bond motifs is 1. The standard InChI is InChI=1S/C22H22N4O2S/c1-14-12-16-13-17(7-8-19(16)26(14)10-11-28-3)25-21(27)20-15(2)24-22(29-20)18-6-4-5-9-23-18/h4-9,12-13H,10-11H2,1-3H3,(H,25,27). The average molecular weight is 407 g/mol. The predicted octanol–water partition coefficient (Wildman–Crippen LogP) is 4.68. The first-order chi connectivity index (χ1) is 14.1. The van der Waals surface area contributed by atoms with Crippen LogP contribution in [-0.4, -0.2) is 34.2 Å². The second-order valence-corrected chi connectivity index (χ2v) is 7.81. The molecule has 1 aromatic carbocycles. The Bertz CT molecular complexity index is 1160. The van der Waals surface area contributed by atoms with Crippen LogP contribution in [0.1, 0.15) is 21.1 Å². The van der Waals surface area contributed by atoms with Crippen molar-refractivity contribution >= 4 is 33.8 Å². The summed E-state index contributed by atoms with van der Waals surface area (Å²) in [6, 6.07) is 13.8. The van der Waals surface area contributed by atoms with Gasteiger partial charge in [-0.25, -0.2) is 4.98 Å². The molecule has 0 saturated heterocycles. The quantitative estimate of drug-likeness (QED) is 0.505. The minimum Gasteiger partial charge on any atom is -0.383 e. The summed E-state index contributed by atoms with van der Waals surface area (Å²) in [7, 11) is 1.70. The topological polar surface area (TPSA) is 69.0 Å². The summed E-state index contributed by atoms with van der Waals surface area (Å²) in [5, 5.41) is 4.84. The van der Waals surface area contributed by atoms with Crippen LogP contribution < -0.4 is 5.32 Å². The fraction of sp³-hybridized carbons (Fsp3) is 0.227. The highest BCUT2D eigenvalue weighted by Gasteiger charge is 2.17. The van der Waals surface area contributed by atoms with E-state index in [1.165, 1.54) is 17.0 Å². The number of amides is 1. The summed E-state index contributed by atoms with van der Waals surface area (Å²) in [6.07, 6.45) is 1.72. The molecule has 0 bridgehead atoms. The van der Waals surface area contributed by atoms with E-state index >= 15 is 0 Å². The van der Waals surface area contributed by atoms with E-state index in [0.717, 1.165) is 33.8 Å². The number of hydrogen-bond donors (Lipinski definition) is 1. The SMILES string of the molecule is COCCn1c(C)cc2cc(NC(=O)c3sc(-c4ccccn4)nc3C)ccc21. The van der Waals surface area contributed by atoms with Gasteiger partial charge < -0.3 is 14.6 Å². The van der Waals surface area contributed by atoms with Crippen molar-refractivity contribution in [2.45, 2.75) is 20.4 Å². The number of pyridine rings is 1. The van der Waals surface area contributed by atoms with Gasteiger partial charge >= 0.3 is 0 Å². The normalized spacial score (nSPS) is 11.1. The van der Waals surface area contributed by atoms with Crippen molar-refractivity contribution in [3.05, 3.63) is 64.9 Å². The zero-order chi connectivity index (χ0) is 20.4. The molecule has 0 fully saturated rings. The van der Waals surface area contributed by atoms with Gasteiger partial charge in [-0.3, -0.25) is 9.78 Å². The lowest BCUT2D eigenvalue weighted by Crippen LogP contribution is -2.11. The molecular formula is C22H22N4O2S. The predicted molar refractivity (Wildman–Crippen MR) is 117 cm³/mol. The lowest BCUT2D eigenvalue weighted by molar-refractivity contribution is 0.103. The Hall–Kier alpha value is -3.03. The van der Waals surface area contributed by atoms with Crippen LogP contribution in [0.25, 0.3) is 21.6 Å². The summed E-state index contributed by atoms with van der Waals surface area (Å²) < 4.78 is 7.42. The van der Waals surface area contributed by atoms with Gasteiger partial charge in [-0.15, -0.1) is 11.3 Å². The second kappa shape index (κ2) is 8.14. The van der Waals surface area contributed by atoms with Crippen molar-refractivity contribution in [3.63, 3.8) is 0 Å². The fourth-order valence-corrected chi connectivity index (χ4v) is 4.30. The Morgan fingerprint density at radius 1 is 1.21 bits per heavy atom. The van der Waals surface area contributed by atoms with Crippen molar-refractivity contribution in [1.82, 2.24) is 14.5 Å². The first kappa shape index (κ1) is 19.3. The number of ether oxygens (including phenoxy) is 1. The largest absolute Gasteiger partial charge is 0.383 e. The molecule has 0 aliphatic heterocycles. The van der Waals surface area contributed by atoms with E-state index in [1.54, 1.807) is 13.3 Å². The van der Waals surface area contributed by atoms with Gasteiger partial charge in [-0.2, -0.15) is 0 Å². The van der Waals surface area contributed by atoms with E-state index in [4.69, 9.17) is 4.74 Å². The molecule has 4 aromatic rings. The Morgan fingerprint density at radius 3 is 2.83 bits per heavy atom. The molecule has 4 rings (SSSR count). The Kier molecular flexibility index (Phi) is 5.42. The number of carbonyl (C=O) groups excluding carboxylic acids is 1. The molecule has 0 unspecified atom stereocenters. The first-order valence-corrected chi connectivity index (χ1v) is 10.2. The molecule has 0 aliphatic rings. The van der Waals surface area contributed by atoms with E-state index in [2.05, 4.69) is 32.8 Å². The maximum absolute atomic E-state index is 12.8. The third kappa shape index (κ3) is 3.92. The van der Waals surface area contributed by atoms with Crippen molar-refractivity contribution < 1.29 is 9.53 Å². The number of methoxy groups -OCH3 is 1. The van der Waals surface area contributed by atoms with Crippen molar-refractivity contribution in [2.75, 3.05) is 19.0 Å². The number of benzene rings is 1. The molecule has 148 valence electrons. The number of hydrogen-bond acceptors (Lipinski definition) is 5. The van der Waals surface area contributed by atoms with Crippen LogP contribution >= 0.6 is 11.3 Å². The molecular weight excluding hydrogens is 384 g/mol. The van der Waals surface area contributed by atoms with Gasteiger partial charge in [0.2, 0.25) is 0 Å². The van der Waals surface area contributed by atoms with Gasteiger partial charge in [-0.1, -0.05) is 6.07 Å². The van der Waals surface area contributed by atoms with E-state index in [9.17, 15) is 4.79 Å². The molecule has 1 N–H and O–H groups in total. The zero-order valence-electron chi connectivity index (χ0n) is 16.6. The third-order valence-corrected chi connectivity index (χ3v) is 5.95. The summed E-state index contributed by atoms with van der Waals surface area (Å²) in [6.45, 7) is 5.38. The Morgan fingerprint density at radius 2 is 2.07 bits per heavy atom. The molecule has 0 aliphatic carbocycles. The zero-order valence-corrected chi connectivity index (χ0v) is 17.4. The summed E-state index contributed by atoms with van der Waals surface area (Å²) in [4.78, 5) is 22.3. The van der Waals surface area contributed by atoms with Gasteiger partial charge in [0.15, 0.2) is 0 Å². The van der Waals surface area contributed by atoms with Crippen molar-refractivity contribution in [1.29, 1.82) is 0 Å². The summed E-state index contributed by atoms with van der Waals surface area (Å²) in [5.74, 6) is -0.155. The fourth-order valence-electron chi connectivity index (χ4n) is 3.36. The van der Waals surface area contributed by atoms with Crippen LogP contribution in [0.5, 0.6) is 0 Å². The molecule has 0 atom stereocenters. The van der Waals surface area contributed by atoms with Gasteiger partial charge in [0.05, 0.1) is 18.0 Å². The van der Waals surface area contributed by atoms with Crippen LogP contribution in [0.3, 0.4) is 0 Å². The lowest BCUT2D eigenvalue weighted by atomic mass is 10.2. The van der Waals surface area contributed by atoms with Crippen LogP contribution in [-0.2, 0) is 11.3 Å². The van der Waals surface area contributed by atoms with E-state index < -0.39 is 0 Å². The number of anilines is 1. The van der Waals surface area contributed by atoms with E-state index in [-0.39, 0.29) is 5.91 Å². The van der Waals surface area contributed by atoms with Gasteiger partial charge in [-0.05, 0) is 50.2 Å². The number of aromatic nitrogens is 3. The summed E-state index contributed by atoms with van der Waals surface area (Å²) >= 11 is 1.36. The average Bonchev–Trinajstić information content (AvgIpc) is 3.26. The first-order valence-electron chi connectivity index (χ1n) is 9.36. The molecule has 3 heterocycles. The number of nitrogens with zero attached hydrogens (tertiary/aromatic N) is 3. The van der Waals surface area contributed by atoms with Gasteiger partial charge in [0.25, 0.3) is 5.91 Å². The monoisotopic (exact) mass is 406 g/mol. The third-order valence-electron chi connectivity index (χ3n) is 4.77. The number of aryl methyl sites for hydroxylation is 2. The highest BCUT2D eigenvalue weighted by Crippen LogP contribution is 2.28. The minimum atomic E-state index is -0.155. The van der Waals surface area contributed by atoms with Gasteiger partial charge in [0.1, 0.15) is 9.88 Å². The van der Waals surface area contributed by atoms with E-state index in [0.29, 0.717) is 17.2 Å². The van der Waals surface area contributed by atoms with Crippen molar-refractivity contribution in [2.24, 2.45) is 0 Å². The van der Waals surface area contributed by atoms with Crippen LogP contribution in [0, 0.1) is 13.8 Å².